The Kier molecular flexibility index (Phi) is 7.19. The van der Waals surface area contributed by atoms with Crippen molar-refractivity contribution in [2.75, 3.05) is 6.61 Å². The van der Waals surface area contributed by atoms with Crippen molar-refractivity contribution >= 4 is 40.6 Å². The van der Waals surface area contributed by atoms with Crippen molar-refractivity contribution in [2.24, 2.45) is 0 Å². The molecule has 0 aliphatic carbocycles. The highest BCUT2D eigenvalue weighted by molar-refractivity contribution is 8.04. The maximum Gasteiger partial charge on any atom is 0.534 e. The Bertz CT molecular complexity index is 1010. The number of hydrogen-bond acceptors (Lipinski definition) is 5. The predicted octanol–water partition coefficient (Wildman–Crippen LogP) is 4.78. The molecule has 0 unspecified atom stereocenters. The minimum atomic E-state index is -5.68. The van der Waals surface area contributed by atoms with Gasteiger partial charge in [0.2, 0.25) is 0 Å². The largest absolute Gasteiger partial charge is 0.534 e. The molecular formula is C22H25F3O4S2Si. The van der Waals surface area contributed by atoms with Gasteiger partial charge in [-0.25, -0.2) is 0 Å². The summed E-state index contributed by atoms with van der Waals surface area (Å²) in [6.07, 6.45) is 1.72. The highest BCUT2D eigenvalue weighted by Gasteiger charge is 2.51. The number of benzene rings is 2. The summed E-state index contributed by atoms with van der Waals surface area (Å²) in [5, 5.41) is 1.41. The predicted molar refractivity (Wildman–Crippen MR) is 124 cm³/mol. The van der Waals surface area contributed by atoms with Crippen molar-refractivity contribution in [2.45, 2.75) is 43.0 Å². The molecule has 0 spiro atoms. The van der Waals surface area contributed by atoms with E-state index in [1.165, 1.54) is 6.08 Å². The van der Waals surface area contributed by atoms with E-state index in [9.17, 15) is 21.6 Å². The molecule has 0 N–H and O–H groups in total. The van der Waals surface area contributed by atoms with Gasteiger partial charge in [0.05, 0.1) is 0 Å². The van der Waals surface area contributed by atoms with Crippen LogP contribution in [0.3, 0.4) is 0 Å². The number of hydrogen-bond donors (Lipinski definition) is 0. The lowest BCUT2D eigenvalue weighted by Gasteiger charge is -2.43. The van der Waals surface area contributed by atoms with Crippen molar-refractivity contribution < 1.29 is 30.2 Å². The lowest BCUT2D eigenvalue weighted by molar-refractivity contribution is -0.0517. The number of allylic oxidation sites excluding steroid dienone is 1. The van der Waals surface area contributed by atoms with Crippen molar-refractivity contribution in [1.82, 2.24) is 0 Å². The molecule has 0 fully saturated rings. The molecule has 2 aromatic carbocycles. The average Bonchev–Trinajstić information content (AvgIpc) is 3.15. The fourth-order valence-electron chi connectivity index (χ4n) is 3.78. The smallest absolute Gasteiger partial charge is 0.406 e. The summed E-state index contributed by atoms with van der Waals surface area (Å²) >= 11 is 0.952. The summed E-state index contributed by atoms with van der Waals surface area (Å²) < 4.78 is 71.5. The van der Waals surface area contributed by atoms with E-state index >= 15 is 0 Å². The van der Waals surface area contributed by atoms with Gasteiger partial charge in [0, 0.05) is 11.9 Å². The molecule has 1 heterocycles. The summed E-state index contributed by atoms with van der Waals surface area (Å²) in [4.78, 5) is 0. The van der Waals surface area contributed by atoms with Gasteiger partial charge in [0.25, 0.3) is 8.32 Å². The Balaban J connectivity index is 1.84. The van der Waals surface area contributed by atoms with E-state index < -0.39 is 23.9 Å². The van der Waals surface area contributed by atoms with Crippen molar-refractivity contribution in [3.63, 3.8) is 0 Å². The van der Waals surface area contributed by atoms with E-state index in [0.29, 0.717) is 6.42 Å². The topological polar surface area (TPSA) is 52.6 Å². The SMILES string of the molecule is CC(C)(C)[Si](OC[C@@H]1CC=C(OS(=O)(=O)C(F)(F)F)S1)(c1ccccc1)c1ccccc1. The fourth-order valence-corrected chi connectivity index (χ4v) is 10.2. The molecule has 0 saturated carbocycles. The molecule has 174 valence electrons. The molecule has 1 aliphatic heterocycles. The van der Waals surface area contributed by atoms with Crippen LogP contribution in [0.4, 0.5) is 13.2 Å². The van der Waals surface area contributed by atoms with Crippen LogP contribution in [0.5, 0.6) is 0 Å². The first-order chi connectivity index (χ1) is 14.9. The van der Waals surface area contributed by atoms with Crippen molar-refractivity contribution in [3.05, 3.63) is 71.8 Å². The lowest BCUT2D eigenvalue weighted by atomic mass is 10.2. The highest BCUT2D eigenvalue weighted by Crippen LogP contribution is 2.40. The molecule has 2 aromatic rings. The summed E-state index contributed by atoms with van der Waals surface area (Å²) in [5.41, 5.74) is -5.46. The molecule has 4 nitrogen and oxygen atoms in total. The molecule has 1 atom stereocenters. The van der Waals surface area contributed by atoms with Crippen LogP contribution >= 0.6 is 11.8 Å². The van der Waals surface area contributed by atoms with Gasteiger partial charge in [-0.15, -0.1) is 0 Å². The molecule has 0 bridgehead atoms. The Labute approximate surface area is 192 Å². The Morgan fingerprint density at radius 3 is 1.91 bits per heavy atom. The van der Waals surface area contributed by atoms with E-state index in [4.69, 9.17) is 4.43 Å². The monoisotopic (exact) mass is 502 g/mol. The second kappa shape index (κ2) is 9.24. The van der Waals surface area contributed by atoms with Gasteiger partial charge in [-0.05, 0) is 27.9 Å². The van der Waals surface area contributed by atoms with Crippen LogP contribution in [-0.2, 0) is 18.7 Å². The second-order valence-corrected chi connectivity index (χ2v) is 15.6. The molecular weight excluding hydrogens is 477 g/mol. The first-order valence-electron chi connectivity index (χ1n) is 9.99. The Hall–Kier alpha value is -1.75. The Morgan fingerprint density at radius 2 is 1.47 bits per heavy atom. The van der Waals surface area contributed by atoms with Gasteiger partial charge in [0.1, 0.15) is 0 Å². The molecule has 32 heavy (non-hydrogen) atoms. The van der Waals surface area contributed by atoms with E-state index in [0.717, 1.165) is 22.1 Å². The standard InChI is InChI=1S/C22H25F3O4S2Si/c1-21(2,3)32(18-10-6-4-7-11-18,19-12-8-5-9-13-19)28-16-17-14-15-20(30-17)29-31(26,27)22(23,24)25/h4-13,15,17H,14,16H2,1-3H3/t17-/m0/s1. The van der Waals surface area contributed by atoms with Crippen LogP contribution in [0.2, 0.25) is 5.04 Å². The number of rotatable bonds is 7. The second-order valence-electron chi connectivity index (χ2n) is 8.46. The van der Waals surface area contributed by atoms with E-state index in [-0.39, 0.29) is 22.0 Å². The van der Waals surface area contributed by atoms with Crippen LogP contribution in [-0.4, -0.2) is 34.1 Å². The third kappa shape index (κ3) is 5.08. The van der Waals surface area contributed by atoms with Gasteiger partial charge in [-0.3, -0.25) is 0 Å². The molecule has 10 heteroatoms. The van der Waals surface area contributed by atoms with E-state index in [1.54, 1.807) is 0 Å². The lowest BCUT2D eigenvalue weighted by Crippen LogP contribution is -2.67. The number of halogens is 3. The first-order valence-corrected chi connectivity index (χ1v) is 14.2. The van der Waals surface area contributed by atoms with Crippen molar-refractivity contribution in [1.29, 1.82) is 0 Å². The maximum atomic E-state index is 12.6. The van der Waals surface area contributed by atoms with Crippen LogP contribution in [0.15, 0.2) is 71.8 Å². The van der Waals surface area contributed by atoms with Gasteiger partial charge >= 0.3 is 15.6 Å². The molecule has 0 aromatic heterocycles. The van der Waals surface area contributed by atoms with Gasteiger partial charge in [0.15, 0.2) is 5.09 Å². The number of thioether (sulfide) groups is 1. The summed E-state index contributed by atoms with van der Waals surface area (Å²) in [6, 6.07) is 20.0. The zero-order valence-corrected chi connectivity index (χ0v) is 20.6. The Morgan fingerprint density at radius 1 is 0.969 bits per heavy atom. The fraction of sp³-hybridized carbons (Fsp3) is 0.364. The van der Waals surface area contributed by atoms with Gasteiger partial charge < -0.3 is 8.61 Å². The summed E-state index contributed by atoms with van der Waals surface area (Å²) in [5.74, 6) is 0. The van der Waals surface area contributed by atoms with E-state index in [1.807, 2.05) is 36.4 Å². The summed E-state index contributed by atoms with van der Waals surface area (Å²) in [6.45, 7) is 6.63. The first kappa shape index (κ1) is 24.9. The van der Waals surface area contributed by atoms with Crippen LogP contribution in [0.1, 0.15) is 27.2 Å². The van der Waals surface area contributed by atoms with Crippen LogP contribution in [0.25, 0.3) is 0 Å². The maximum absolute atomic E-state index is 12.6. The zero-order chi connectivity index (χ0) is 23.6. The third-order valence-electron chi connectivity index (χ3n) is 5.21. The molecule has 0 radical (unpaired) electrons. The minimum Gasteiger partial charge on any atom is -0.406 e. The zero-order valence-electron chi connectivity index (χ0n) is 17.9. The normalized spacial score (nSPS) is 17.8. The summed E-state index contributed by atoms with van der Waals surface area (Å²) in [7, 11) is -8.47. The average molecular weight is 503 g/mol. The third-order valence-corrected chi connectivity index (χ3v) is 12.4. The van der Waals surface area contributed by atoms with Crippen LogP contribution in [0, 0.1) is 0 Å². The highest BCUT2D eigenvalue weighted by atomic mass is 32.2. The minimum absolute atomic E-state index is 0.243. The van der Waals surface area contributed by atoms with Crippen LogP contribution < -0.4 is 10.4 Å². The quantitative estimate of drug-likeness (QED) is 0.310. The molecule has 0 saturated heterocycles. The van der Waals surface area contributed by atoms with Crippen molar-refractivity contribution in [3.8, 4) is 0 Å². The van der Waals surface area contributed by atoms with E-state index in [2.05, 4.69) is 49.2 Å². The molecule has 1 aliphatic rings. The molecule has 0 amide bonds. The van der Waals surface area contributed by atoms with Gasteiger partial charge in [-0.2, -0.15) is 21.6 Å². The van der Waals surface area contributed by atoms with Gasteiger partial charge in [-0.1, -0.05) is 93.2 Å². The molecule has 3 rings (SSSR count). The number of alkyl halides is 3.